The number of amides is 1. The van der Waals surface area contributed by atoms with Gasteiger partial charge >= 0.3 is 0 Å². The molecule has 0 aliphatic carbocycles. The van der Waals surface area contributed by atoms with E-state index in [1.165, 1.54) is 10.7 Å². The van der Waals surface area contributed by atoms with Crippen LogP contribution in [0.5, 0.6) is 0 Å². The minimum atomic E-state index is -0.133. The van der Waals surface area contributed by atoms with Crippen molar-refractivity contribution in [3.05, 3.63) is 77.0 Å². The average molecular weight is 403 g/mol. The fraction of sp³-hybridized carbons (Fsp3) is 0.273. The summed E-state index contributed by atoms with van der Waals surface area (Å²) in [5.74, 6) is 1.18. The summed E-state index contributed by atoms with van der Waals surface area (Å²) in [5, 5.41) is 9.54. The molecule has 3 aromatic heterocycles. The van der Waals surface area contributed by atoms with E-state index in [9.17, 15) is 9.59 Å². The van der Waals surface area contributed by atoms with Crippen LogP contribution < -0.4 is 5.56 Å². The number of para-hydroxylation sites is 1. The van der Waals surface area contributed by atoms with E-state index >= 15 is 0 Å². The molecule has 30 heavy (non-hydrogen) atoms. The molecule has 0 N–H and O–H groups in total. The van der Waals surface area contributed by atoms with E-state index in [0.29, 0.717) is 31.2 Å². The summed E-state index contributed by atoms with van der Waals surface area (Å²) in [6, 6.07) is 14.4. The first-order valence-electron chi connectivity index (χ1n) is 10.0. The second-order valence-electron chi connectivity index (χ2n) is 7.55. The second kappa shape index (κ2) is 7.62. The lowest BCUT2D eigenvalue weighted by Gasteiger charge is -2.31. The zero-order chi connectivity index (χ0) is 20.5. The molecule has 4 heterocycles. The maximum absolute atomic E-state index is 12.8. The quantitative estimate of drug-likeness (QED) is 0.523. The Morgan fingerprint density at radius 2 is 1.93 bits per heavy atom. The number of furan rings is 1. The van der Waals surface area contributed by atoms with Gasteiger partial charge in [-0.1, -0.05) is 18.2 Å². The molecule has 4 aromatic rings. The summed E-state index contributed by atoms with van der Waals surface area (Å²) in [7, 11) is 0. The van der Waals surface area contributed by atoms with Gasteiger partial charge in [0.15, 0.2) is 11.6 Å². The molecule has 0 atom stereocenters. The van der Waals surface area contributed by atoms with Crippen molar-refractivity contribution in [1.29, 1.82) is 0 Å². The molecule has 0 saturated carbocycles. The molecule has 0 unspecified atom stereocenters. The standard InChI is InChI=1S/C22H21N5O3/c28-21-7-6-20(26-11-3-10-23-26)24-27(21)15-16-8-12-25(13-9-16)22(29)19-14-17-4-1-2-5-18(17)30-19/h1-7,10-11,14,16H,8-9,12-13,15H2. The van der Waals surface area contributed by atoms with Gasteiger partial charge in [0.05, 0.1) is 0 Å². The van der Waals surface area contributed by atoms with E-state index in [1.54, 1.807) is 29.2 Å². The lowest BCUT2D eigenvalue weighted by atomic mass is 9.96. The highest BCUT2D eigenvalue weighted by Crippen LogP contribution is 2.23. The van der Waals surface area contributed by atoms with Crippen LogP contribution in [-0.2, 0) is 6.54 Å². The van der Waals surface area contributed by atoms with Crippen molar-refractivity contribution in [3.63, 3.8) is 0 Å². The minimum absolute atomic E-state index is 0.0828. The summed E-state index contributed by atoms with van der Waals surface area (Å²) < 4.78 is 8.84. The number of likely N-dealkylation sites (tertiary alicyclic amines) is 1. The first kappa shape index (κ1) is 18.4. The summed E-state index contributed by atoms with van der Waals surface area (Å²) in [6.07, 6.45) is 5.09. The largest absolute Gasteiger partial charge is 0.451 e. The molecule has 1 amide bonds. The third-order valence-corrected chi connectivity index (χ3v) is 5.56. The van der Waals surface area contributed by atoms with Gasteiger partial charge in [0.1, 0.15) is 5.58 Å². The molecular weight excluding hydrogens is 382 g/mol. The van der Waals surface area contributed by atoms with E-state index in [4.69, 9.17) is 4.42 Å². The Kier molecular flexibility index (Phi) is 4.66. The van der Waals surface area contributed by atoms with Gasteiger partial charge in [0.2, 0.25) is 0 Å². The van der Waals surface area contributed by atoms with Gasteiger partial charge in [-0.3, -0.25) is 9.59 Å². The number of hydrogen-bond donors (Lipinski definition) is 0. The van der Waals surface area contributed by atoms with E-state index in [0.717, 1.165) is 23.8 Å². The van der Waals surface area contributed by atoms with Crippen LogP contribution in [0.25, 0.3) is 16.8 Å². The molecule has 1 aromatic carbocycles. The molecule has 0 bridgehead atoms. The van der Waals surface area contributed by atoms with Crippen LogP contribution in [0, 0.1) is 5.92 Å². The highest BCUT2D eigenvalue weighted by molar-refractivity contribution is 5.96. The van der Waals surface area contributed by atoms with Gasteiger partial charge in [0, 0.05) is 43.5 Å². The first-order valence-corrected chi connectivity index (χ1v) is 10.0. The number of rotatable bonds is 4. The van der Waals surface area contributed by atoms with Crippen molar-refractivity contribution >= 4 is 16.9 Å². The smallest absolute Gasteiger partial charge is 0.289 e. The van der Waals surface area contributed by atoms with E-state index < -0.39 is 0 Å². The van der Waals surface area contributed by atoms with Crippen molar-refractivity contribution in [2.24, 2.45) is 5.92 Å². The molecule has 152 valence electrons. The molecule has 0 spiro atoms. The normalized spacial score (nSPS) is 15.0. The minimum Gasteiger partial charge on any atom is -0.451 e. The number of benzene rings is 1. The predicted molar refractivity (Wildman–Crippen MR) is 110 cm³/mol. The number of piperidine rings is 1. The van der Waals surface area contributed by atoms with Crippen molar-refractivity contribution in [2.75, 3.05) is 13.1 Å². The monoisotopic (exact) mass is 403 g/mol. The van der Waals surface area contributed by atoms with Crippen LogP contribution in [0.4, 0.5) is 0 Å². The van der Waals surface area contributed by atoms with Crippen LogP contribution in [0.1, 0.15) is 23.4 Å². The molecule has 1 saturated heterocycles. The molecule has 1 aliphatic rings. The summed E-state index contributed by atoms with van der Waals surface area (Å²) in [4.78, 5) is 26.9. The predicted octanol–water partition coefficient (Wildman–Crippen LogP) is 2.73. The number of hydrogen-bond acceptors (Lipinski definition) is 5. The molecule has 0 radical (unpaired) electrons. The lowest BCUT2D eigenvalue weighted by Crippen LogP contribution is -2.40. The Balaban J connectivity index is 1.24. The number of carbonyl (C=O) groups is 1. The molecule has 8 heteroatoms. The van der Waals surface area contributed by atoms with Gasteiger partial charge in [0.25, 0.3) is 11.5 Å². The molecule has 1 aliphatic heterocycles. The Labute approximate surface area is 172 Å². The van der Waals surface area contributed by atoms with E-state index in [-0.39, 0.29) is 17.4 Å². The number of aromatic nitrogens is 4. The topological polar surface area (TPSA) is 86.2 Å². The van der Waals surface area contributed by atoms with Crippen molar-refractivity contribution in [1.82, 2.24) is 24.5 Å². The number of nitrogens with zero attached hydrogens (tertiary/aromatic N) is 5. The maximum atomic E-state index is 12.8. The Morgan fingerprint density at radius 1 is 1.10 bits per heavy atom. The van der Waals surface area contributed by atoms with Crippen LogP contribution in [0.15, 0.2) is 70.1 Å². The summed E-state index contributed by atoms with van der Waals surface area (Å²) in [6.45, 7) is 1.79. The van der Waals surface area contributed by atoms with Gasteiger partial charge in [-0.2, -0.15) is 5.10 Å². The Morgan fingerprint density at radius 3 is 2.70 bits per heavy atom. The number of fused-ring (bicyclic) bond motifs is 1. The molecule has 5 rings (SSSR count). The van der Waals surface area contributed by atoms with Gasteiger partial charge < -0.3 is 9.32 Å². The first-order chi connectivity index (χ1) is 14.7. The number of carbonyl (C=O) groups excluding carboxylic acids is 1. The van der Waals surface area contributed by atoms with Crippen molar-refractivity contribution < 1.29 is 9.21 Å². The van der Waals surface area contributed by atoms with E-state index in [2.05, 4.69) is 10.2 Å². The zero-order valence-corrected chi connectivity index (χ0v) is 16.3. The molecular formula is C22H21N5O3. The maximum Gasteiger partial charge on any atom is 0.289 e. The second-order valence-corrected chi connectivity index (χ2v) is 7.55. The molecule has 8 nitrogen and oxygen atoms in total. The van der Waals surface area contributed by atoms with Crippen LogP contribution in [0.3, 0.4) is 0 Å². The lowest BCUT2D eigenvalue weighted by molar-refractivity contribution is 0.0651. The van der Waals surface area contributed by atoms with Gasteiger partial charge in [-0.25, -0.2) is 9.36 Å². The summed E-state index contributed by atoms with van der Waals surface area (Å²) in [5.41, 5.74) is 0.588. The van der Waals surface area contributed by atoms with Crippen LogP contribution >= 0.6 is 0 Å². The fourth-order valence-corrected chi connectivity index (χ4v) is 3.90. The Bertz CT molecular complexity index is 1200. The third kappa shape index (κ3) is 3.52. The highest BCUT2D eigenvalue weighted by atomic mass is 16.3. The average Bonchev–Trinajstić information content (AvgIpc) is 3.45. The van der Waals surface area contributed by atoms with Crippen LogP contribution in [0.2, 0.25) is 0 Å². The zero-order valence-electron chi connectivity index (χ0n) is 16.3. The van der Waals surface area contributed by atoms with Crippen molar-refractivity contribution in [2.45, 2.75) is 19.4 Å². The Hall–Kier alpha value is -3.68. The highest BCUT2D eigenvalue weighted by Gasteiger charge is 2.26. The molecule has 1 fully saturated rings. The third-order valence-electron chi connectivity index (χ3n) is 5.56. The van der Waals surface area contributed by atoms with Gasteiger partial charge in [-0.05, 0) is 43.0 Å². The SMILES string of the molecule is O=C(c1cc2ccccc2o1)N1CCC(Cn2nc(-n3cccn3)ccc2=O)CC1. The fourth-order valence-electron chi connectivity index (χ4n) is 3.90. The van der Waals surface area contributed by atoms with Crippen LogP contribution in [-0.4, -0.2) is 43.5 Å². The summed E-state index contributed by atoms with van der Waals surface area (Å²) >= 11 is 0. The van der Waals surface area contributed by atoms with E-state index in [1.807, 2.05) is 35.2 Å². The van der Waals surface area contributed by atoms with Gasteiger partial charge in [-0.15, -0.1) is 5.10 Å². The van der Waals surface area contributed by atoms with Crippen molar-refractivity contribution in [3.8, 4) is 5.82 Å².